The highest BCUT2D eigenvalue weighted by atomic mass is 16.6. The summed E-state index contributed by atoms with van der Waals surface area (Å²) >= 11 is 0. The lowest BCUT2D eigenvalue weighted by Crippen LogP contribution is -2.20. The molecule has 0 heterocycles. The number of amidine groups is 1. The Labute approximate surface area is 87.0 Å². The van der Waals surface area contributed by atoms with Gasteiger partial charge < -0.3 is 10.6 Å². The van der Waals surface area contributed by atoms with Crippen molar-refractivity contribution in [1.82, 2.24) is 0 Å². The highest BCUT2D eigenvalue weighted by Gasteiger charge is 2.18. The molecule has 0 spiro atoms. The van der Waals surface area contributed by atoms with Gasteiger partial charge in [0.05, 0.1) is 0 Å². The molecule has 0 bridgehead atoms. The summed E-state index contributed by atoms with van der Waals surface area (Å²) in [7, 11) is 0. The van der Waals surface area contributed by atoms with Crippen LogP contribution in [0, 0.1) is 11.3 Å². The molecule has 0 aromatic carbocycles. The highest BCUT2D eigenvalue weighted by Crippen LogP contribution is 2.26. The average Bonchev–Trinajstić information content (AvgIpc) is 2.02. The molecule has 0 aliphatic rings. The van der Waals surface area contributed by atoms with Crippen molar-refractivity contribution in [2.45, 2.75) is 41.5 Å². The first-order valence-electron chi connectivity index (χ1n) is 4.96. The van der Waals surface area contributed by atoms with Crippen LogP contribution in [0.2, 0.25) is 0 Å². The molecule has 3 heteroatoms. The van der Waals surface area contributed by atoms with Crippen LogP contribution in [0.4, 0.5) is 0 Å². The molecule has 0 amide bonds. The molecule has 0 aliphatic heterocycles. The van der Waals surface area contributed by atoms with Gasteiger partial charge in [0.1, 0.15) is 11.6 Å². The van der Waals surface area contributed by atoms with E-state index in [4.69, 9.17) is 10.6 Å². The number of rotatable bonds is 3. The largest absolute Gasteiger partial charge is 0.384 e. The standard InChI is InChI=1S/C11H22N2O/c1-7-9(11(4,5)6)14-13-10(12)8(2)3/h7-8H,1-6H3,(H2,12,13)/b9-7-. The molecular formula is C11H22N2O. The van der Waals surface area contributed by atoms with Crippen molar-refractivity contribution in [3.8, 4) is 0 Å². The summed E-state index contributed by atoms with van der Waals surface area (Å²) in [5.41, 5.74) is 5.63. The molecule has 0 unspecified atom stereocenters. The third-order valence-corrected chi connectivity index (χ3v) is 1.84. The van der Waals surface area contributed by atoms with E-state index in [0.29, 0.717) is 5.84 Å². The molecule has 82 valence electrons. The Hall–Kier alpha value is -0.990. The lowest BCUT2D eigenvalue weighted by atomic mass is 9.94. The first-order chi connectivity index (χ1) is 6.29. The van der Waals surface area contributed by atoms with Gasteiger partial charge in [-0.2, -0.15) is 0 Å². The zero-order chi connectivity index (χ0) is 11.4. The fourth-order valence-corrected chi connectivity index (χ4v) is 0.830. The summed E-state index contributed by atoms with van der Waals surface area (Å²) < 4.78 is 0. The van der Waals surface area contributed by atoms with Crippen molar-refractivity contribution in [2.24, 2.45) is 22.2 Å². The van der Waals surface area contributed by atoms with E-state index in [0.717, 1.165) is 5.76 Å². The van der Waals surface area contributed by atoms with Gasteiger partial charge in [-0.1, -0.05) is 39.8 Å². The van der Waals surface area contributed by atoms with Crippen LogP contribution in [0.3, 0.4) is 0 Å². The maximum atomic E-state index is 5.66. The molecule has 0 atom stereocenters. The average molecular weight is 198 g/mol. The molecule has 2 N–H and O–H groups in total. The van der Waals surface area contributed by atoms with Crippen LogP contribution in [0.25, 0.3) is 0 Å². The minimum atomic E-state index is -0.0322. The van der Waals surface area contributed by atoms with Crippen LogP contribution in [-0.4, -0.2) is 5.84 Å². The molecule has 0 saturated heterocycles. The minimum absolute atomic E-state index is 0.0322. The zero-order valence-electron chi connectivity index (χ0n) is 10.1. The Kier molecular flexibility index (Phi) is 4.68. The molecule has 3 nitrogen and oxygen atoms in total. The summed E-state index contributed by atoms with van der Waals surface area (Å²) in [5.74, 6) is 1.57. The van der Waals surface area contributed by atoms with E-state index in [1.807, 2.05) is 26.8 Å². The van der Waals surface area contributed by atoms with Crippen LogP contribution < -0.4 is 5.73 Å². The van der Waals surface area contributed by atoms with E-state index in [-0.39, 0.29) is 11.3 Å². The van der Waals surface area contributed by atoms with Crippen molar-refractivity contribution in [1.29, 1.82) is 0 Å². The number of nitrogens with two attached hydrogens (primary N) is 1. The summed E-state index contributed by atoms with van der Waals surface area (Å²) in [4.78, 5) is 5.30. The highest BCUT2D eigenvalue weighted by molar-refractivity contribution is 5.81. The first-order valence-corrected chi connectivity index (χ1v) is 4.96. The van der Waals surface area contributed by atoms with Gasteiger partial charge in [-0.05, 0) is 13.0 Å². The lowest BCUT2D eigenvalue weighted by molar-refractivity contribution is 0.158. The normalized spacial score (nSPS) is 14.8. The van der Waals surface area contributed by atoms with Crippen molar-refractivity contribution in [3.05, 3.63) is 11.8 Å². The second-order valence-electron chi connectivity index (χ2n) is 4.67. The van der Waals surface area contributed by atoms with E-state index in [1.165, 1.54) is 0 Å². The topological polar surface area (TPSA) is 47.6 Å². The van der Waals surface area contributed by atoms with Crippen LogP contribution in [0.1, 0.15) is 41.5 Å². The lowest BCUT2D eigenvalue weighted by Gasteiger charge is -2.20. The smallest absolute Gasteiger partial charge is 0.142 e. The fraction of sp³-hybridized carbons (Fsp3) is 0.727. The van der Waals surface area contributed by atoms with Crippen molar-refractivity contribution < 1.29 is 4.84 Å². The zero-order valence-corrected chi connectivity index (χ0v) is 10.1. The number of hydrogen-bond donors (Lipinski definition) is 1. The Morgan fingerprint density at radius 3 is 2.14 bits per heavy atom. The number of nitrogens with zero attached hydrogens (tertiary/aromatic N) is 1. The molecule has 0 saturated carbocycles. The SMILES string of the molecule is C/C=C(\O/N=C(\N)C(C)C)C(C)(C)C. The Morgan fingerprint density at radius 1 is 1.36 bits per heavy atom. The van der Waals surface area contributed by atoms with E-state index < -0.39 is 0 Å². The van der Waals surface area contributed by atoms with Gasteiger partial charge in [0.25, 0.3) is 0 Å². The Balaban J connectivity index is 4.46. The van der Waals surface area contributed by atoms with Crippen LogP contribution in [0.5, 0.6) is 0 Å². The van der Waals surface area contributed by atoms with Gasteiger partial charge in [0.2, 0.25) is 0 Å². The Morgan fingerprint density at radius 2 is 1.86 bits per heavy atom. The van der Waals surface area contributed by atoms with Gasteiger partial charge in [-0.15, -0.1) is 0 Å². The number of hydrogen-bond acceptors (Lipinski definition) is 2. The van der Waals surface area contributed by atoms with Crippen LogP contribution in [-0.2, 0) is 4.84 Å². The first kappa shape index (κ1) is 13.0. The third-order valence-electron chi connectivity index (χ3n) is 1.84. The van der Waals surface area contributed by atoms with E-state index in [9.17, 15) is 0 Å². The van der Waals surface area contributed by atoms with Crippen molar-refractivity contribution in [3.63, 3.8) is 0 Å². The third kappa shape index (κ3) is 4.30. The molecule has 0 aliphatic carbocycles. The van der Waals surface area contributed by atoms with Gasteiger partial charge in [0.15, 0.2) is 0 Å². The van der Waals surface area contributed by atoms with Crippen molar-refractivity contribution in [2.75, 3.05) is 0 Å². The molecule has 0 fully saturated rings. The second kappa shape index (κ2) is 5.03. The molecule has 0 aromatic rings. The van der Waals surface area contributed by atoms with Crippen LogP contribution in [0.15, 0.2) is 17.0 Å². The summed E-state index contributed by atoms with van der Waals surface area (Å²) in [6, 6.07) is 0. The summed E-state index contributed by atoms with van der Waals surface area (Å²) in [5, 5.41) is 3.89. The van der Waals surface area contributed by atoms with Crippen LogP contribution >= 0.6 is 0 Å². The summed E-state index contributed by atoms with van der Waals surface area (Å²) in [6.45, 7) is 12.1. The minimum Gasteiger partial charge on any atom is -0.384 e. The molecule has 0 aromatic heterocycles. The van der Waals surface area contributed by atoms with E-state index in [1.54, 1.807) is 0 Å². The predicted molar refractivity (Wildman–Crippen MR) is 60.8 cm³/mol. The van der Waals surface area contributed by atoms with Crippen molar-refractivity contribution >= 4 is 5.84 Å². The maximum absolute atomic E-state index is 5.66. The molecule has 0 rings (SSSR count). The van der Waals surface area contributed by atoms with Gasteiger partial charge in [-0.3, -0.25) is 0 Å². The fourth-order valence-electron chi connectivity index (χ4n) is 0.830. The monoisotopic (exact) mass is 198 g/mol. The maximum Gasteiger partial charge on any atom is 0.142 e. The second-order valence-corrected chi connectivity index (χ2v) is 4.67. The van der Waals surface area contributed by atoms with Gasteiger partial charge in [-0.25, -0.2) is 0 Å². The quantitative estimate of drug-likeness (QED) is 0.328. The number of oxime groups is 1. The van der Waals surface area contributed by atoms with E-state index >= 15 is 0 Å². The molecule has 0 radical (unpaired) electrons. The van der Waals surface area contributed by atoms with Gasteiger partial charge in [0, 0.05) is 11.3 Å². The Bertz CT molecular complexity index is 234. The van der Waals surface area contributed by atoms with Gasteiger partial charge >= 0.3 is 0 Å². The van der Waals surface area contributed by atoms with E-state index in [2.05, 4.69) is 25.9 Å². The molecular weight excluding hydrogens is 176 g/mol. The summed E-state index contributed by atoms with van der Waals surface area (Å²) in [6.07, 6.45) is 1.91. The predicted octanol–water partition coefficient (Wildman–Crippen LogP) is 2.88. The molecule has 14 heavy (non-hydrogen) atoms. The number of allylic oxidation sites excluding steroid dienone is 2.